The predicted molar refractivity (Wildman–Crippen MR) is 102 cm³/mol. The molecule has 0 radical (unpaired) electrons. The zero-order valence-corrected chi connectivity index (χ0v) is 15.7. The average molecular weight is 388 g/mol. The van der Waals surface area contributed by atoms with Crippen LogP contribution in [0.5, 0.6) is 11.5 Å². The Balaban J connectivity index is 1.51. The highest BCUT2D eigenvalue weighted by Gasteiger charge is 2.26. The number of benzene rings is 2. The minimum atomic E-state index is -0.451. The largest absolute Gasteiger partial charge is 0.505 e. The molecule has 4 aromatic rings. The van der Waals surface area contributed by atoms with Crippen LogP contribution in [-0.2, 0) is 9.53 Å². The van der Waals surface area contributed by atoms with E-state index in [0.29, 0.717) is 27.6 Å². The summed E-state index contributed by atoms with van der Waals surface area (Å²) in [5.41, 5.74) is 3.60. The Kier molecular flexibility index (Phi) is 4.04. The Morgan fingerprint density at radius 1 is 1.19 bits per heavy atom. The zero-order chi connectivity index (χ0) is 19.3. The lowest BCUT2D eigenvalue weighted by Crippen LogP contribution is -2.12. The summed E-state index contributed by atoms with van der Waals surface area (Å²) < 4.78 is 14.4. The van der Waals surface area contributed by atoms with Gasteiger partial charge in [0.05, 0.1) is 0 Å². The summed E-state index contributed by atoms with van der Waals surface area (Å²) in [5.74, 6) is 0.202. The maximum Gasteiger partial charge on any atom is 0.333 e. The molecule has 0 spiro atoms. The van der Waals surface area contributed by atoms with Crippen LogP contribution in [0.1, 0.15) is 12.5 Å². The van der Waals surface area contributed by atoms with Crippen molar-refractivity contribution in [3.63, 3.8) is 0 Å². The van der Waals surface area contributed by atoms with Crippen molar-refractivity contribution < 1.29 is 19.4 Å². The van der Waals surface area contributed by atoms with Gasteiger partial charge in [-0.25, -0.2) is 4.79 Å². The highest BCUT2D eigenvalue weighted by Crippen LogP contribution is 2.36. The van der Waals surface area contributed by atoms with E-state index in [-0.39, 0.29) is 19.0 Å². The molecule has 0 bridgehead atoms. The molecule has 2 aromatic heterocycles. The number of esters is 1. The number of hydrogen-bond acceptors (Lipinski definition) is 4. The minimum absolute atomic E-state index is 0.109. The van der Waals surface area contributed by atoms with Crippen LogP contribution in [0, 0.1) is 6.92 Å². The molecule has 140 valence electrons. The summed E-state index contributed by atoms with van der Waals surface area (Å²) in [5, 5.41) is 11.3. The number of ether oxygens (including phenoxy) is 2. The van der Waals surface area contributed by atoms with Crippen molar-refractivity contribution in [3.8, 4) is 17.2 Å². The molecular formula is C19H18ClN3O4. The van der Waals surface area contributed by atoms with Crippen LogP contribution in [0.25, 0.3) is 16.7 Å². The standard InChI is InChI=1S/C19H18ClN3O4/c1-11(2)19(25)27-9-8-26-17-7-6-15(18(24)12(17)3)22-21-14-5-4-13(20)10-16(14)23(21)22/h4-7,10,24H,1,8-9H2,2-3H3. The number of phenols is 1. The van der Waals surface area contributed by atoms with Gasteiger partial charge in [0, 0.05) is 16.2 Å². The van der Waals surface area contributed by atoms with E-state index >= 15 is 0 Å². The Labute approximate surface area is 159 Å². The van der Waals surface area contributed by atoms with E-state index in [1.54, 1.807) is 26.0 Å². The van der Waals surface area contributed by atoms with E-state index in [4.69, 9.17) is 21.1 Å². The second kappa shape index (κ2) is 6.28. The van der Waals surface area contributed by atoms with Gasteiger partial charge in [-0.3, -0.25) is 0 Å². The van der Waals surface area contributed by atoms with Gasteiger partial charge in [-0.05, 0) is 44.2 Å². The van der Waals surface area contributed by atoms with Gasteiger partial charge >= 0.3 is 5.97 Å². The van der Waals surface area contributed by atoms with Crippen LogP contribution >= 0.6 is 11.6 Å². The number of phenolic OH excluding ortho intramolecular Hbond substituents is 1. The summed E-state index contributed by atoms with van der Waals surface area (Å²) in [7, 11) is 0. The predicted octanol–water partition coefficient (Wildman–Crippen LogP) is 3.59. The Hall–Kier alpha value is -3.06. The first-order valence-corrected chi connectivity index (χ1v) is 8.75. The first-order chi connectivity index (χ1) is 12.9. The van der Waals surface area contributed by atoms with Crippen molar-refractivity contribution in [1.82, 2.24) is 14.1 Å². The fraction of sp³-hybridized carbons (Fsp3) is 0.211. The lowest BCUT2D eigenvalue weighted by atomic mass is 10.1. The van der Waals surface area contributed by atoms with Gasteiger partial charge in [-0.15, -0.1) is 14.1 Å². The number of nitrogens with zero attached hydrogens (tertiary/aromatic N) is 3. The summed E-state index contributed by atoms with van der Waals surface area (Å²) in [6.45, 7) is 7.17. The number of aromatic hydroxyl groups is 1. The molecule has 7 nitrogen and oxygen atoms in total. The Morgan fingerprint density at radius 3 is 2.67 bits per heavy atom. The monoisotopic (exact) mass is 387 g/mol. The van der Waals surface area contributed by atoms with Crippen LogP contribution < -0.4 is 4.74 Å². The van der Waals surface area contributed by atoms with E-state index in [2.05, 4.69) is 6.58 Å². The van der Waals surface area contributed by atoms with Crippen LogP contribution in [0.3, 0.4) is 0 Å². The number of fused-ring (bicyclic) bond motifs is 4. The first kappa shape index (κ1) is 17.4. The number of carbonyl (C=O) groups excluding carboxylic acids is 1. The molecule has 4 rings (SSSR count). The maximum absolute atomic E-state index is 11.3. The van der Waals surface area contributed by atoms with E-state index in [0.717, 1.165) is 11.0 Å². The molecule has 1 N–H and O–H groups in total. The van der Waals surface area contributed by atoms with Crippen LogP contribution in [0.2, 0.25) is 5.02 Å². The van der Waals surface area contributed by atoms with E-state index < -0.39 is 5.97 Å². The van der Waals surface area contributed by atoms with E-state index in [1.165, 1.54) is 0 Å². The fourth-order valence-electron chi connectivity index (χ4n) is 2.91. The van der Waals surface area contributed by atoms with Crippen LogP contribution in [-0.4, -0.2) is 38.3 Å². The third-order valence-corrected chi connectivity index (χ3v) is 4.61. The van der Waals surface area contributed by atoms with Gasteiger partial charge < -0.3 is 14.6 Å². The lowest BCUT2D eigenvalue weighted by Gasteiger charge is -2.12. The number of rotatable bonds is 6. The maximum atomic E-state index is 11.3. The molecule has 0 unspecified atom stereocenters. The van der Waals surface area contributed by atoms with Crippen molar-refractivity contribution in [1.29, 1.82) is 0 Å². The highest BCUT2D eigenvalue weighted by atomic mass is 35.5. The summed E-state index contributed by atoms with van der Waals surface area (Å²) in [6.07, 6.45) is 0. The first-order valence-electron chi connectivity index (χ1n) is 8.38. The summed E-state index contributed by atoms with van der Waals surface area (Å²) in [4.78, 5) is 13.2. The molecule has 0 atom stereocenters. The highest BCUT2D eigenvalue weighted by molar-refractivity contribution is 6.31. The molecular weight excluding hydrogens is 370 g/mol. The van der Waals surface area contributed by atoms with Crippen molar-refractivity contribution in [2.24, 2.45) is 0 Å². The molecule has 0 fully saturated rings. The topological polar surface area (TPSA) is 69.5 Å². The number of carbonyl (C=O) groups is 1. The second-order valence-corrected chi connectivity index (χ2v) is 6.76. The molecule has 0 amide bonds. The van der Waals surface area contributed by atoms with Gasteiger partial charge in [-0.2, -0.15) is 0 Å². The second-order valence-electron chi connectivity index (χ2n) is 6.32. The molecule has 27 heavy (non-hydrogen) atoms. The smallest absolute Gasteiger partial charge is 0.333 e. The normalized spacial score (nSPS) is 11.5. The van der Waals surface area contributed by atoms with Crippen molar-refractivity contribution in [2.75, 3.05) is 13.2 Å². The summed E-state index contributed by atoms with van der Waals surface area (Å²) >= 11 is 6.04. The lowest BCUT2D eigenvalue weighted by molar-refractivity contribution is -0.139. The number of aromatic nitrogens is 3. The summed E-state index contributed by atoms with van der Waals surface area (Å²) in [6, 6.07) is 9.19. The van der Waals surface area contributed by atoms with Crippen molar-refractivity contribution >= 4 is 28.6 Å². The van der Waals surface area contributed by atoms with Crippen molar-refractivity contribution in [3.05, 3.63) is 53.1 Å². The molecule has 0 saturated carbocycles. The fourth-order valence-corrected chi connectivity index (χ4v) is 3.08. The average Bonchev–Trinajstić information content (AvgIpc) is 3.29. The van der Waals surface area contributed by atoms with Gasteiger partial charge in [-0.1, -0.05) is 18.2 Å². The molecule has 8 heteroatoms. The number of hydrogen-bond donors (Lipinski definition) is 1. The van der Waals surface area contributed by atoms with E-state index in [1.807, 2.05) is 32.3 Å². The van der Waals surface area contributed by atoms with Gasteiger partial charge in [0.2, 0.25) is 0 Å². The van der Waals surface area contributed by atoms with Crippen molar-refractivity contribution in [2.45, 2.75) is 13.8 Å². The van der Waals surface area contributed by atoms with Crippen LogP contribution in [0.15, 0.2) is 42.5 Å². The quantitative estimate of drug-likeness (QED) is 0.312. The van der Waals surface area contributed by atoms with E-state index in [9.17, 15) is 9.90 Å². The number of halogens is 1. The molecule has 0 aliphatic heterocycles. The van der Waals surface area contributed by atoms with Gasteiger partial charge in [0.15, 0.2) is 0 Å². The molecule has 0 aliphatic carbocycles. The molecule has 0 aliphatic rings. The SMILES string of the molecule is C=C(C)C(=O)OCCOc1ccc(-n2n3c4ccc(Cl)cc4n23)c(O)c1C. The van der Waals surface area contributed by atoms with Gasteiger partial charge in [0.1, 0.15) is 41.4 Å². The van der Waals surface area contributed by atoms with Crippen LogP contribution in [0.4, 0.5) is 0 Å². The molecule has 0 saturated heterocycles. The Bertz CT molecular complexity index is 1170. The third kappa shape index (κ3) is 2.80. The Morgan fingerprint density at radius 2 is 1.93 bits per heavy atom. The third-order valence-electron chi connectivity index (χ3n) is 4.37. The minimum Gasteiger partial charge on any atom is -0.505 e. The zero-order valence-electron chi connectivity index (χ0n) is 14.9. The molecule has 2 aromatic carbocycles. The molecule has 2 heterocycles. The van der Waals surface area contributed by atoms with Gasteiger partial charge in [0.25, 0.3) is 0 Å².